The molecule has 20 heavy (non-hydrogen) atoms. The van der Waals surface area contributed by atoms with E-state index in [1.165, 1.54) is 18.7 Å². The van der Waals surface area contributed by atoms with Gasteiger partial charge < -0.3 is 8.98 Å². The lowest BCUT2D eigenvalue weighted by Gasteiger charge is -2.12. The summed E-state index contributed by atoms with van der Waals surface area (Å²) in [6.07, 6.45) is 1.77. The zero-order valence-electron chi connectivity index (χ0n) is 10.1. The van der Waals surface area contributed by atoms with E-state index in [2.05, 4.69) is 4.98 Å². The van der Waals surface area contributed by atoms with Crippen molar-refractivity contribution in [2.75, 3.05) is 0 Å². The fraction of sp³-hybridized carbons (Fsp3) is 0.0714. The number of furan rings is 1. The summed E-state index contributed by atoms with van der Waals surface area (Å²) in [5.74, 6) is 0.375. The highest BCUT2D eigenvalue weighted by Gasteiger charge is 2.31. The molecule has 3 aromatic rings. The Bertz CT molecular complexity index is 701. The molecule has 102 valence electrons. The maximum absolute atomic E-state index is 12.8. The van der Waals surface area contributed by atoms with Crippen LogP contribution in [0.25, 0.3) is 17.0 Å². The second kappa shape index (κ2) is 4.56. The summed E-state index contributed by atoms with van der Waals surface area (Å²) >= 11 is 0. The first kappa shape index (κ1) is 12.5. The number of hydrogen-bond acceptors (Lipinski definition) is 2. The Kier molecular flexibility index (Phi) is 2.85. The molecule has 0 unspecified atom stereocenters. The average Bonchev–Trinajstić information content (AvgIpc) is 3.10. The van der Waals surface area contributed by atoms with Crippen LogP contribution in [0.15, 0.2) is 59.7 Å². The maximum atomic E-state index is 12.8. The van der Waals surface area contributed by atoms with Crippen LogP contribution in [0.3, 0.4) is 0 Å². The first-order chi connectivity index (χ1) is 9.55. The van der Waals surface area contributed by atoms with Crippen molar-refractivity contribution in [3.8, 4) is 17.0 Å². The first-order valence-electron chi connectivity index (χ1n) is 5.79. The standard InChI is InChI=1S/C14H9F3N2O/c15-14(16,17)10-3-4-12(19-6-5-18-9-19)11(8-10)13-2-1-7-20-13/h1-9H. The van der Waals surface area contributed by atoms with Crippen LogP contribution in [-0.4, -0.2) is 9.55 Å². The van der Waals surface area contributed by atoms with Crippen molar-refractivity contribution in [1.82, 2.24) is 9.55 Å². The molecule has 6 heteroatoms. The summed E-state index contributed by atoms with van der Waals surface area (Å²) in [5.41, 5.74) is 0.223. The molecule has 0 spiro atoms. The van der Waals surface area contributed by atoms with Gasteiger partial charge in [0.15, 0.2) is 0 Å². The lowest BCUT2D eigenvalue weighted by atomic mass is 10.1. The molecular weight excluding hydrogens is 269 g/mol. The topological polar surface area (TPSA) is 31.0 Å². The molecule has 0 saturated heterocycles. The van der Waals surface area contributed by atoms with Gasteiger partial charge in [0, 0.05) is 18.0 Å². The van der Waals surface area contributed by atoms with E-state index >= 15 is 0 Å². The molecule has 2 aromatic heterocycles. The van der Waals surface area contributed by atoms with E-state index in [0.29, 0.717) is 17.0 Å². The molecule has 0 bridgehead atoms. The Balaban J connectivity index is 2.21. The molecule has 0 aliphatic heterocycles. The Morgan fingerprint density at radius 3 is 2.60 bits per heavy atom. The van der Waals surface area contributed by atoms with Crippen molar-refractivity contribution in [3.05, 3.63) is 60.9 Å². The minimum absolute atomic E-state index is 0.364. The third kappa shape index (κ3) is 2.20. The SMILES string of the molecule is FC(F)(F)c1ccc(-n2ccnc2)c(-c2ccco2)c1. The highest BCUT2D eigenvalue weighted by atomic mass is 19.4. The van der Waals surface area contributed by atoms with Gasteiger partial charge in [-0.2, -0.15) is 13.2 Å². The van der Waals surface area contributed by atoms with Crippen molar-refractivity contribution in [2.24, 2.45) is 0 Å². The molecule has 0 aliphatic rings. The van der Waals surface area contributed by atoms with Gasteiger partial charge in [0.05, 0.1) is 23.8 Å². The average molecular weight is 278 g/mol. The summed E-state index contributed by atoms with van der Waals surface area (Å²) in [6, 6.07) is 6.78. The molecule has 0 N–H and O–H groups in total. The van der Waals surface area contributed by atoms with E-state index in [0.717, 1.165) is 12.1 Å². The van der Waals surface area contributed by atoms with Crippen LogP contribution in [-0.2, 0) is 6.18 Å². The number of hydrogen-bond donors (Lipinski definition) is 0. The van der Waals surface area contributed by atoms with E-state index in [-0.39, 0.29) is 0 Å². The van der Waals surface area contributed by atoms with Crippen LogP contribution in [0.1, 0.15) is 5.56 Å². The lowest BCUT2D eigenvalue weighted by Crippen LogP contribution is -2.06. The Labute approximate surface area is 112 Å². The van der Waals surface area contributed by atoms with Crippen LogP contribution < -0.4 is 0 Å². The predicted octanol–water partition coefficient (Wildman–Crippen LogP) is 4.15. The first-order valence-corrected chi connectivity index (χ1v) is 5.79. The molecule has 0 atom stereocenters. The molecule has 3 rings (SSSR count). The summed E-state index contributed by atoms with van der Waals surface area (Å²) < 4.78 is 45.4. The Morgan fingerprint density at radius 1 is 1.15 bits per heavy atom. The fourth-order valence-corrected chi connectivity index (χ4v) is 1.97. The van der Waals surface area contributed by atoms with Gasteiger partial charge in [-0.1, -0.05) is 0 Å². The van der Waals surface area contributed by atoms with Crippen LogP contribution in [0.5, 0.6) is 0 Å². The van der Waals surface area contributed by atoms with E-state index in [4.69, 9.17) is 4.42 Å². The highest BCUT2D eigenvalue weighted by Crippen LogP contribution is 2.35. The Morgan fingerprint density at radius 2 is 2.00 bits per heavy atom. The Hall–Kier alpha value is -2.50. The van der Waals surface area contributed by atoms with Crippen molar-refractivity contribution in [3.63, 3.8) is 0 Å². The minimum atomic E-state index is -4.39. The van der Waals surface area contributed by atoms with Crippen LogP contribution >= 0.6 is 0 Å². The smallest absolute Gasteiger partial charge is 0.416 e. The third-order valence-electron chi connectivity index (χ3n) is 2.89. The minimum Gasteiger partial charge on any atom is -0.464 e. The molecule has 0 fully saturated rings. The number of benzene rings is 1. The molecule has 1 aromatic carbocycles. The highest BCUT2D eigenvalue weighted by molar-refractivity contribution is 5.70. The summed E-state index contributed by atoms with van der Waals surface area (Å²) in [6.45, 7) is 0. The van der Waals surface area contributed by atoms with Gasteiger partial charge in [-0.05, 0) is 30.3 Å². The molecule has 3 nitrogen and oxygen atoms in total. The van der Waals surface area contributed by atoms with Gasteiger partial charge in [-0.25, -0.2) is 4.98 Å². The summed E-state index contributed by atoms with van der Waals surface area (Å²) in [7, 11) is 0. The second-order valence-corrected chi connectivity index (χ2v) is 4.18. The van der Waals surface area contributed by atoms with E-state index in [9.17, 15) is 13.2 Å². The van der Waals surface area contributed by atoms with Crippen molar-refractivity contribution in [2.45, 2.75) is 6.18 Å². The summed E-state index contributed by atoms with van der Waals surface area (Å²) in [4.78, 5) is 3.90. The second-order valence-electron chi connectivity index (χ2n) is 4.18. The van der Waals surface area contributed by atoms with Crippen molar-refractivity contribution < 1.29 is 17.6 Å². The van der Waals surface area contributed by atoms with Crippen LogP contribution in [0, 0.1) is 0 Å². The van der Waals surface area contributed by atoms with E-state index in [1.807, 2.05) is 0 Å². The fourth-order valence-electron chi connectivity index (χ4n) is 1.97. The van der Waals surface area contributed by atoms with Gasteiger partial charge >= 0.3 is 6.18 Å². The number of nitrogens with zero attached hydrogens (tertiary/aromatic N) is 2. The van der Waals surface area contributed by atoms with Gasteiger partial charge in [0.2, 0.25) is 0 Å². The van der Waals surface area contributed by atoms with Gasteiger partial charge in [-0.15, -0.1) is 0 Å². The van der Waals surface area contributed by atoms with Crippen LogP contribution in [0.2, 0.25) is 0 Å². The molecule has 0 radical (unpaired) electrons. The van der Waals surface area contributed by atoms with Crippen molar-refractivity contribution >= 4 is 0 Å². The number of halogens is 3. The predicted molar refractivity (Wildman–Crippen MR) is 66.3 cm³/mol. The van der Waals surface area contributed by atoms with Gasteiger partial charge in [0.25, 0.3) is 0 Å². The molecule has 0 aliphatic carbocycles. The van der Waals surface area contributed by atoms with E-state index < -0.39 is 11.7 Å². The number of rotatable bonds is 2. The normalized spacial score (nSPS) is 11.8. The number of imidazole rings is 1. The largest absolute Gasteiger partial charge is 0.464 e. The van der Waals surface area contributed by atoms with Gasteiger partial charge in [-0.3, -0.25) is 0 Å². The lowest BCUT2D eigenvalue weighted by molar-refractivity contribution is -0.137. The third-order valence-corrected chi connectivity index (χ3v) is 2.89. The molecule has 0 amide bonds. The zero-order chi connectivity index (χ0) is 14.2. The molecule has 0 saturated carbocycles. The number of alkyl halides is 3. The summed E-state index contributed by atoms with van der Waals surface area (Å²) in [5, 5.41) is 0. The van der Waals surface area contributed by atoms with E-state index in [1.54, 1.807) is 29.1 Å². The quantitative estimate of drug-likeness (QED) is 0.705. The monoisotopic (exact) mass is 278 g/mol. The van der Waals surface area contributed by atoms with Crippen LogP contribution in [0.4, 0.5) is 13.2 Å². The van der Waals surface area contributed by atoms with Crippen molar-refractivity contribution in [1.29, 1.82) is 0 Å². The molecular formula is C14H9F3N2O. The molecule has 2 heterocycles. The maximum Gasteiger partial charge on any atom is 0.416 e. The number of aromatic nitrogens is 2. The zero-order valence-corrected chi connectivity index (χ0v) is 10.1. The van der Waals surface area contributed by atoms with Gasteiger partial charge in [0.1, 0.15) is 5.76 Å².